The molecule has 0 atom stereocenters. The number of hydrogen-bond acceptors (Lipinski definition) is 5. The fourth-order valence-corrected chi connectivity index (χ4v) is 2.79. The first kappa shape index (κ1) is 14.2. The highest BCUT2D eigenvalue weighted by Gasteiger charge is 2.17. The van der Waals surface area contributed by atoms with Crippen LogP contribution in [0.1, 0.15) is 12.1 Å². The lowest BCUT2D eigenvalue weighted by Gasteiger charge is -2.04. The number of aryl methyl sites for hydroxylation is 2. The molecule has 0 aliphatic heterocycles. The first-order valence-electron chi connectivity index (χ1n) is 6.50. The highest BCUT2D eigenvalue weighted by Crippen LogP contribution is 2.33. The lowest BCUT2D eigenvalue weighted by atomic mass is 10.1. The standard InChI is InChI=1S/C14H10ClN5O2/c1-8-12-13(15)10-4-3-9(20(21)22)7-11(10)17-14(12)19(18-8)6-2-5-16/h3-4,7H,2,6H2,1H3. The van der Waals surface area contributed by atoms with Crippen molar-refractivity contribution in [2.75, 3.05) is 0 Å². The lowest BCUT2D eigenvalue weighted by Crippen LogP contribution is -2.01. The van der Waals surface area contributed by atoms with Crippen LogP contribution in [0.2, 0.25) is 5.02 Å². The molecule has 8 heteroatoms. The summed E-state index contributed by atoms with van der Waals surface area (Å²) in [5.74, 6) is 0. The Morgan fingerprint density at radius 3 is 2.95 bits per heavy atom. The van der Waals surface area contributed by atoms with Crippen LogP contribution in [0.15, 0.2) is 18.2 Å². The van der Waals surface area contributed by atoms with E-state index >= 15 is 0 Å². The van der Waals surface area contributed by atoms with Crippen LogP contribution in [-0.4, -0.2) is 19.7 Å². The Morgan fingerprint density at radius 2 is 2.27 bits per heavy atom. The highest BCUT2D eigenvalue weighted by molar-refractivity contribution is 6.40. The Labute approximate surface area is 129 Å². The Balaban J connectivity index is 2.33. The van der Waals surface area contributed by atoms with Gasteiger partial charge in [-0.15, -0.1) is 0 Å². The van der Waals surface area contributed by atoms with Crippen molar-refractivity contribution in [3.8, 4) is 6.07 Å². The minimum absolute atomic E-state index is 0.0461. The van der Waals surface area contributed by atoms with E-state index in [1.165, 1.54) is 12.1 Å². The van der Waals surface area contributed by atoms with E-state index in [0.29, 0.717) is 45.6 Å². The van der Waals surface area contributed by atoms with Crippen molar-refractivity contribution in [3.05, 3.63) is 39.0 Å². The number of non-ortho nitro benzene ring substituents is 1. The van der Waals surface area contributed by atoms with E-state index in [1.807, 2.05) is 6.92 Å². The van der Waals surface area contributed by atoms with Gasteiger partial charge in [-0.1, -0.05) is 11.6 Å². The largest absolute Gasteiger partial charge is 0.271 e. The van der Waals surface area contributed by atoms with Crippen LogP contribution in [0, 0.1) is 28.4 Å². The van der Waals surface area contributed by atoms with E-state index < -0.39 is 4.92 Å². The molecule has 0 aliphatic carbocycles. The minimum atomic E-state index is -0.475. The molecule has 0 radical (unpaired) electrons. The van der Waals surface area contributed by atoms with Gasteiger partial charge in [0.25, 0.3) is 5.69 Å². The van der Waals surface area contributed by atoms with Gasteiger partial charge in [0.1, 0.15) is 0 Å². The van der Waals surface area contributed by atoms with Gasteiger partial charge in [-0.3, -0.25) is 10.1 Å². The summed E-state index contributed by atoms with van der Waals surface area (Å²) >= 11 is 6.43. The SMILES string of the molecule is Cc1nn(CCC#N)c2nc3cc([N+](=O)[O-])ccc3c(Cl)c12. The van der Waals surface area contributed by atoms with Crippen LogP contribution >= 0.6 is 11.6 Å². The molecule has 3 rings (SSSR count). The zero-order valence-corrected chi connectivity index (χ0v) is 12.3. The van der Waals surface area contributed by atoms with Crippen molar-refractivity contribution in [1.82, 2.24) is 14.8 Å². The molecule has 0 aliphatic rings. The molecule has 3 aromatic rings. The average Bonchev–Trinajstić information content (AvgIpc) is 2.81. The zero-order valence-electron chi connectivity index (χ0n) is 11.6. The van der Waals surface area contributed by atoms with Gasteiger partial charge in [0.2, 0.25) is 0 Å². The third-order valence-corrected chi connectivity index (χ3v) is 3.80. The summed E-state index contributed by atoms with van der Waals surface area (Å²) in [6.07, 6.45) is 0.294. The Kier molecular flexibility index (Phi) is 3.39. The highest BCUT2D eigenvalue weighted by atomic mass is 35.5. The monoisotopic (exact) mass is 315 g/mol. The Hall–Kier alpha value is -2.72. The number of hydrogen-bond donors (Lipinski definition) is 0. The van der Waals surface area contributed by atoms with E-state index in [-0.39, 0.29) is 5.69 Å². The third kappa shape index (κ3) is 2.14. The number of rotatable bonds is 3. The molecule has 0 unspecified atom stereocenters. The van der Waals surface area contributed by atoms with Crippen LogP contribution in [-0.2, 0) is 6.54 Å². The van der Waals surface area contributed by atoms with Gasteiger partial charge in [0.05, 0.1) is 45.6 Å². The number of nitrogens with zero attached hydrogens (tertiary/aromatic N) is 5. The number of nitriles is 1. The number of nitro benzene ring substituents is 1. The number of nitro groups is 1. The minimum Gasteiger partial charge on any atom is -0.258 e. The van der Waals surface area contributed by atoms with E-state index in [0.717, 1.165) is 0 Å². The van der Waals surface area contributed by atoms with Gasteiger partial charge < -0.3 is 0 Å². The first-order valence-corrected chi connectivity index (χ1v) is 6.88. The van der Waals surface area contributed by atoms with Crippen molar-refractivity contribution < 1.29 is 4.92 Å². The van der Waals surface area contributed by atoms with E-state index in [9.17, 15) is 10.1 Å². The van der Waals surface area contributed by atoms with Crippen molar-refractivity contribution >= 4 is 39.2 Å². The third-order valence-electron chi connectivity index (χ3n) is 3.41. The molecule has 0 bridgehead atoms. The molecule has 0 fully saturated rings. The summed E-state index contributed by atoms with van der Waals surface area (Å²) in [4.78, 5) is 14.9. The summed E-state index contributed by atoms with van der Waals surface area (Å²) in [6.45, 7) is 2.21. The summed E-state index contributed by atoms with van der Waals surface area (Å²) in [5.41, 5.74) is 1.64. The quantitative estimate of drug-likeness (QED) is 0.545. The Morgan fingerprint density at radius 1 is 1.50 bits per heavy atom. The molecule has 0 saturated carbocycles. The maximum Gasteiger partial charge on any atom is 0.271 e. The van der Waals surface area contributed by atoms with Gasteiger partial charge >= 0.3 is 0 Å². The van der Waals surface area contributed by atoms with Gasteiger partial charge in [0.15, 0.2) is 5.65 Å². The summed E-state index contributed by atoms with van der Waals surface area (Å²) in [5, 5.41) is 25.8. The van der Waals surface area contributed by atoms with Gasteiger partial charge in [-0.05, 0) is 13.0 Å². The van der Waals surface area contributed by atoms with Crippen molar-refractivity contribution in [1.29, 1.82) is 5.26 Å². The zero-order chi connectivity index (χ0) is 15.9. The smallest absolute Gasteiger partial charge is 0.258 e. The molecule has 110 valence electrons. The van der Waals surface area contributed by atoms with E-state index in [2.05, 4.69) is 16.2 Å². The summed E-state index contributed by atoms with van der Waals surface area (Å²) in [7, 11) is 0. The van der Waals surface area contributed by atoms with E-state index in [4.69, 9.17) is 16.9 Å². The molecule has 7 nitrogen and oxygen atoms in total. The second-order valence-corrected chi connectivity index (χ2v) is 5.18. The number of fused-ring (bicyclic) bond motifs is 2. The summed E-state index contributed by atoms with van der Waals surface area (Å²) in [6, 6.07) is 6.43. The van der Waals surface area contributed by atoms with E-state index in [1.54, 1.807) is 10.7 Å². The number of aromatic nitrogens is 3. The van der Waals surface area contributed by atoms with Gasteiger partial charge in [-0.25, -0.2) is 9.67 Å². The molecule has 0 spiro atoms. The molecule has 1 aromatic carbocycles. The lowest BCUT2D eigenvalue weighted by molar-refractivity contribution is -0.384. The number of pyridine rings is 1. The second-order valence-electron chi connectivity index (χ2n) is 4.80. The topological polar surface area (TPSA) is 97.6 Å². The molecular formula is C14H10ClN5O2. The predicted octanol–water partition coefficient (Wildman–Crippen LogP) is 3.37. The molecule has 0 saturated heterocycles. The Bertz CT molecular complexity index is 957. The van der Waals surface area contributed by atoms with Gasteiger partial charge in [-0.2, -0.15) is 10.4 Å². The molecular weight excluding hydrogens is 306 g/mol. The van der Waals surface area contributed by atoms with Crippen LogP contribution in [0.4, 0.5) is 5.69 Å². The van der Waals surface area contributed by atoms with Crippen molar-refractivity contribution in [2.24, 2.45) is 0 Å². The average molecular weight is 316 g/mol. The fraction of sp³-hybridized carbons (Fsp3) is 0.214. The van der Waals surface area contributed by atoms with Crippen molar-refractivity contribution in [2.45, 2.75) is 19.9 Å². The maximum atomic E-state index is 10.9. The van der Waals surface area contributed by atoms with Crippen LogP contribution in [0.3, 0.4) is 0 Å². The molecule has 0 amide bonds. The number of halogens is 1. The second kappa shape index (κ2) is 5.24. The summed E-state index contributed by atoms with van der Waals surface area (Å²) < 4.78 is 1.61. The normalized spacial score (nSPS) is 11.0. The molecule has 0 N–H and O–H groups in total. The van der Waals surface area contributed by atoms with Crippen molar-refractivity contribution in [3.63, 3.8) is 0 Å². The van der Waals surface area contributed by atoms with Crippen LogP contribution in [0.5, 0.6) is 0 Å². The first-order chi connectivity index (χ1) is 10.5. The van der Waals surface area contributed by atoms with Gasteiger partial charge in [0, 0.05) is 17.5 Å². The maximum absolute atomic E-state index is 10.9. The molecule has 22 heavy (non-hydrogen) atoms. The predicted molar refractivity (Wildman–Crippen MR) is 81.7 cm³/mol. The van der Waals surface area contributed by atoms with Crippen LogP contribution in [0.25, 0.3) is 21.9 Å². The number of benzene rings is 1. The fourth-order valence-electron chi connectivity index (χ4n) is 2.41. The van der Waals surface area contributed by atoms with Crippen LogP contribution < -0.4 is 0 Å². The molecule has 2 heterocycles. The molecule has 2 aromatic heterocycles.